The van der Waals surface area contributed by atoms with Gasteiger partial charge < -0.3 is 0 Å². The molecule has 1 aliphatic rings. The van der Waals surface area contributed by atoms with Crippen LogP contribution in [0.15, 0.2) is 29.1 Å². The van der Waals surface area contributed by atoms with E-state index in [1.54, 1.807) is 0 Å². The zero-order chi connectivity index (χ0) is 14.3. The van der Waals surface area contributed by atoms with Crippen LogP contribution >= 0.6 is 11.6 Å². The second-order valence-electron chi connectivity index (χ2n) is 5.51. The molecule has 0 amide bonds. The molecular weight excluding hydrogens is 272 g/mol. The summed E-state index contributed by atoms with van der Waals surface area (Å²) in [4.78, 5) is 17.4. The zero-order valence-corrected chi connectivity index (χ0v) is 12.6. The van der Waals surface area contributed by atoms with Crippen molar-refractivity contribution in [3.8, 4) is 0 Å². The Labute approximate surface area is 123 Å². The maximum absolute atomic E-state index is 12.8. The van der Waals surface area contributed by atoms with E-state index in [4.69, 9.17) is 11.6 Å². The molecule has 1 aromatic heterocycles. The Morgan fingerprint density at radius 1 is 1.40 bits per heavy atom. The highest BCUT2D eigenvalue weighted by atomic mass is 35.5. The SMILES string of the molecule is CCC(Cl)c1nc2ccccc2c(=O)n1C1CC1CC. The molecule has 20 heavy (non-hydrogen) atoms. The van der Waals surface area contributed by atoms with Crippen molar-refractivity contribution in [1.29, 1.82) is 0 Å². The van der Waals surface area contributed by atoms with Gasteiger partial charge in [0.25, 0.3) is 5.56 Å². The molecule has 0 spiro atoms. The first-order chi connectivity index (χ1) is 9.67. The lowest BCUT2D eigenvalue weighted by molar-refractivity contribution is 0.573. The van der Waals surface area contributed by atoms with Crippen molar-refractivity contribution in [1.82, 2.24) is 9.55 Å². The molecule has 1 fully saturated rings. The van der Waals surface area contributed by atoms with Crippen molar-refractivity contribution in [2.24, 2.45) is 5.92 Å². The second kappa shape index (κ2) is 5.21. The summed E-state index contributed by atoms with van der Waals surface area (Å²) in [6, 6.07) is 7.81. The lowest BCUT2D eigenvalue weighted by Crippen LogP contribution is -2.26. The highest BCUT2D eigenvalue weighted by Crippen LogP contribution is 2.46. The smallest absolute Gasteiger partial charge is 0.261 e. The van der Waals surface area contributed by atoms with E-state index in [0.717, 1.165) is 30.6 Å². The largest absolute Gasteiger partial charge is 0.291 e. The Morgan fingerprint density at radius 3 is 2.80 bits per heavy atom. The molecule has 4 heteroatoms. The number of alkyl halides is 1. The van der Waals surface area contributed by atoms with E-state index in [1.807, 2.05) is 35.8 Å². The molecule has 3 rings (SSSR count). The van der Waals surface area contributed by atoms with Crippen molar-refractivity contribution in [2.75, 3.05) is 0 Å². The molecule has 1 saturated carbocycles. The summed E-state index contributed by atoms with van der Waals surface area (Å²) in [6.07, 6.45) is 2.94. The van der Waals surface area contributed by atoms with Gasteiger partial charge in [-0.3, -0.25) is 9.36 Å². The molecule has 3 nitrogen and oxygen atoms in total. The van der Waals surface area contributed by atoms with Crippen LogP contribution in [0.5, 0.6) is 0 Å². The second-order valence-corrected chi connectivity index (χ2v) is 6.04. The minimum absolute atomic E-state index is 0.0608. The average Bonchev–Trinajstić information content (AvgIpc) is 3.25. The molecular formula is C16H19ClN2O. The zero-order valence-electron chi connectivity index (χ0n) is 11.8. The van der Waals surface area contributed by atoms with E-state index in [1.165, 1.54) is 0 Å². The number of halogens is 1. The van der Waals surface area contributed by atoms with Crippen molar-refractivity contribution < 1.29 is 0 Å². The van der Waals surface area contributed by atoms with E-state index in [-0.39, 0.29) is 17.0 Å². The number of rotatable bonds is 4. The van der Waals surface area contributed by atoms with Gasteiger partial charge in [0.05, 0.1) is 16.3 Å². The molecule has 0 saturated heterocycles. The minimum atomic E-state index is -0.203. The van der Waals surface area contributed by atoms with Crippen LogP contribution in [0.4, 0.5) is 0 Å². The lowest BCUT2D eigenvalue weighted by atomic mass is 10.2. The van der Waals surface area contributed by atoms with E-state index in [0.29, 0.717) is 11.3 Å². The molecule has 0 aliphatic heterocycles. The summed E-state index contributed by atoms with van der Waals surface area (Å²) in [7, 11) is 0. The van der Waals surface area contributed by atoms with Gasteiger partial charge in [-0.05, 0) is 30.9 Å². The van der Waals surface area contributed by atoms with E-state index in [2.05, 4.69) is 11.9 Å². The molecule has 1 aromatic carbocycles. The molecule has 1 aliphatic carbocycles. The topological polar surface area (TPSA) is 34.9 Å². The van der Waals surface area contributed by atoms with Gasteiger partial charge in [-0.1, -0.05) is 32.4 Å². The Kier molecular flexibility index (Phi) is 3.55. The van der Waals surface area contributed by atoms with Crippen LogP contribution in [-0.4, -0.2) is 9.55 Å². The third-order valence-electron chi connectivity index (χ3n) is 4.21. The number of hydrogen-bond donors (Lipinski definition) is 0. The maximum Gasteiger partial charge on any atom is 0.261 e. The summed E-state index contributed by atoms with van der Waals surface area (Å²) >= 11 is 6.41. The van der Waals surface area contributed by atoms with Crippen LogP contribution in [0.25, 0.3) is 10.9 Å². The first-order valence-electron chi connectivity index (χ1n) is 7.32. The number of aromatic nitrogens is 2. The molecule has 0 radical (unpaired) electrons. The first kappa shape index (κ1) is 13.6. The van der Waals surface area contributed by atoms with Crippen LogP contribution in [0, 0.1) is 5.92 Å². The van der Waals surface area contributed by atoms with Gasteiger partial charge >= 0.3 is 0 Å². The van der Waals surface area contributed by atoms with Crippen molar-refractivity contribution in [3.05, 3.63) is 40.4 Å². The fourth-order valence-electron chi connectivity index (χ4n) is 2.87. The molecule has 1 heterocycles. The number of fused-ring (bicyclic) bond motifs is 1. The third-order valence-corrected chi connectivity index (χ3v) is 4.72. The molecule has 3 unspecified atom stereocenters. The van der Waals surface area contributed by atoms with Gasteiger partial charge in [0.1, 0.15) is 5.82 Å². The van der Waals surface area contributed by atoms with E-state index >= 15 is 0 Å². The standard InChI is InChI=1S/C16H19ClN2O/c1-3-10-9-14(10)19-15(12(17)4-2)18-13-8-6-5-7-11(13)16(19)20/h5-8,10,12,14H,3-4,9H2,1-2H3. The van der Waals surface area contributed by atoms with Gasteiger partial charge in [0, 0.05) is 6.04 Å². The quantitative estimate of drug-likeness (QED) is 0.796. The van der Waals surface area contributed by atoms with Gasteiger partial charge in [0.15, 0.2) is 0 Å². The molecule has 0 bridgehead atoms. The number of para-hydroxylation sites is 1. The maximum atomic E-state index is 12.8. The summed E-state index contributed by atoms with van der Waals surface area (Å²) in [5.74, 6) is 1.33. The van der Waals surface area contributed by atoms with Gasteiger partial charge in [-0.15, -0.1) is 11.6 Å². The van der Waals surface area contributed by atoms with Crippen molar-refractivity contribution >= 4 is 22.5 Å². The number of benzene rings is 1. The van der Waals surface area contributed by atoms with Crippen molar-refractivity contribution in [2.45, 2.75) is 44.5 Å². The van der Waals surface area contributed by atoms with Crippen LogP contribution in [0.2, 0.25) is 0 Å². The minimum Gasteiger partial charge on any atom is -0.291 e. The summed E-state index contributed by atoms with van der Waals surface area (Å²) in [5.41, 5.74) is 0.808. The molecule has 106 valence electrons. The number of hydrogen-bond acceptors (Lipinski definition) is 2. The van der Waals surface area contributed by atoms with E-state index < -0.39 is 0 Å². The predicted molar refractivity (Wildman–Crippen MR) is 82.3 cm³/mol. The summed E-state index contributed by atoms with van der Waals surface area (Å²) in [6.45, 7) is 4.19. The van der Waals surface area contributed by atoms with Crippen LogP contribution in [0.1, 0.15) is 50.4 Å². The Balaban J connectivity index is 2.24. The monoisotopic (exact) mass is 290 g/mol. The number of nitrogens with zero attached hydrogens (tertiary/aromatic N) is 2. The lowest BCUT2D eigenvalue weighted by Gasteiger charge is -2.16. The van der Waals surface area contributed by atoms with E-state index in [9.17, 15) is 4.79 Å². The highest BCUT2D eigenvalue weighted by molar-refractivity contribution is 6.20. The fraction of sp³-hybridized carbons (Fsp3) is 0.500. The van der Waals surface area contributed by atoms with Crippen LogP contribution in [-0.2, 0) is 0 Å². The Hall–Kier alpha value is -1.35. The summed E-state index contributed by atoms with van der Waals surface area (Å²) in [5, 5.41) is 0.489. The predicted octanol–water partition coefficient (Wildman–Crippen LogP) is 4.06. The molecule has 2 aromatic rings. The third kappa shape index (κ3) is 2.14. The fourth-order valence-corrected chi connectivity index (χ4v) is 3.03. The van der Waals surface area contributed by atoms with Gasteiger partial charge in [-0.2, -0.15) is 0 Å². The Bertz CT molecular complexity index is 694. The molecule has 0 N–H and O–H groups in total. The van der Waals surface area contributed by atoms with Gasteiger partial charge in [0.2, 0.25) is 0 Å². The van der Waals surface area contributed by atoms with Gasteiger partial charge in [-0.25, -0.2) is 4.98 Å². The normalized spacial score (nSPS) is 22.9. The highest BCUT2D eigenvalue weighted by Gasteiger charge is 2.40. The van der Waals surface area contributed by atoms with Crippen LogP contribution < -0.4 is 5.56 Å². The van der Waals surface area contributed by atoms with Crippen molar-refractivity contribution in [3.63, 3.8) is 0 Å². The average molecular weight is 291 g/mol. The Morgan fingerprint density at radius 2 is 2.15 bits per heavy atom. The first-order valence-corrected chi connectivity index (χ1v) is 7.76. The molecule has 3 atom stereocenters. The summed E-state index contributed by atoms with van der Waals surface area (Å²) < 4.78 is 1.86. The van der Waals surface area contributed by atoms with Crippen LogP contribution in [0.3, 0.4) is 0 Å².